The van der Waals surface area contributed by atoms with Crippen molar-refractivity contribution in [1.82, 2.24) is 9.55 Å². The summed E-state index contributed by atoms with van der Waals surface area (Å²) in [6.45, 7) is 1.45. The van der Waals surface area contributed by atoms with Crippen LogP contribution < -0.4 is 11.4 Å². The first-order valence-corrected chi connectivity index (χ1v) is 16.6. The van der Waals surface area contributed by atoms with Crippen molar-refractivity contribution < 1.29 is 42.7 Å². The van der Waals surface area contributed by atoms with Crippen LogP contribution in [0, 0.1) is 0 Å². The van der Waals surface area contributed by atoms with E-state index in [0.29, 0.717) is 12.8 Å². The summed E-state index contributed by atoms with van der Waals surface area (Å²) in [5, 5.41) is 20.4. The molecule has 15 heteroatoms. The Hall–Kier alpha value is -1.14. The standard InChI is InChI=1S/C23H43N3O10P2/c1-2-3-4-5-6-7-8-9-10-11-12-13-16-37(30,31)36-38(32,33)34-17-18-20(27)21(28)22(35-18)26-15-14-19(24)25-23(26)29/h14-15,18,20-22,27-28H,2-13,16-17H2,1H3,(H,30,31)(H,32,33)(H2,24,25,29)/t18-,20+,21-,22-/m1/s1. The van der Waals surface area contributed by atoms with Gasteiger partial charge in [0, 0.05) is 6.20 Å². The third kappa shape index (κ3) is 11.5. The highest BCUT2D eigenvalue weighted by Gasteiger charge is 2.45. The number of phosphoric ester groups is 1. The number of hydrogen-bond donors (Lipinski definition) is 5. The Kier molecular flexibility index (Phi) is 14.1. The predicted octanol–water partition coefficient (Wildman–Crippen LogP) is 3.46. The number of phosphoric acid groups is 1. The van der Waals surface area contributed by atoms with Crippen LogP contribution in [0.4, 0.5) is 5.82 Å². The smallest absolute Gasteiger partial charge is 0.387 e. The fraction of sp³-hybridized carbons (Fsp3) is 0.826. The number of nitrogens with two attached hydrogens (primary N) is 1. The minimum absolute atomic E-state index is 0.0468. The lowest BCUT2D eigenvalue weighted by atomic mass is 10.1. The van der Waals surface area contributed by atoms with Crippen LogP contribution >= 0.6 is 15.4 Å². The zero-order chi connectivity index (χ0) is 28.2. The molecule has 0 saturated carbocycles. The average molecular weight is 584 g/mol. The molecule has 0 spiro atoms. The zero-order valence-corrected chi connectivity index (χ0v) is 23.8. The molecule has 1 saturated heterocycles. The maximum atomic E-state index is 12.3. The van der Waals surface area contributed by atoms with Gasteiger partial charge < -0.3 is 30.5 Å². The second-order valence-corrected chi connectivity index (χ2v) is 13.3. The van der Waals surface area contributed by atoms with Crippen molar-refractivity contribution in [3.05, 3.63) is 22.7 Å². The van der Waals surface area contributed by atoms with E-state index in [-0.39, 0.29) is 12.0 Å². The Bertz CT molecular complexity index is 994. The molecule has 6 N–H and O–H groups in total. The van der Waals surface area contributed by atoms with E-state index >= 15 is 0 Å². The summed E-state index contributed by atoms with van der Waals surface area (Å²) in [6.07, 6.45) is 7.97. The number of anilines is 1. The second kappa shape index (κ2) is 16.2. The molecule has 13 nitrogen and oxygen atoms in total. The number of unbranched alkanes of at least 4 members (excludes halogenated alkanes) is 11. The molecule has 0 radical (unpaired) electrons. The molecule has 0 aromatic carbocycles. The summed E-state index contributed by atoms with van der Waals surface area (Å²) >= 11 is 0. The molecule has 2 rings (SSSR count). The number of nitrogen functional groups attached to an aromatic ring is 1. The van der Waals surface area contributed by atoms with Crippen molar-refractivity contribution in [3.8, 4) is 0 Å². The van der Waals surface area contributed by atoms with Gasteiger partial charge in [0.1, 0.15) is 24.1 Å². The van der Waals surface area contributed by atoms with Gasteiger partial charge >= 0.3 is 21.1 Å². The molecule has 0 aliphatic carbocycles. The van der Waals surface area contributed by atoms with Crippen molar-refractivity contribution >= 4 is 21.2 Å². The Morgan fingerprint density at radius 3 is 2.08 bits per heavy atom. The summed E-state index contributed by atoms with van der Waals surface area (Å²) in [4.78, 5) is 35.4. The van der Waals surface area contributed by atoms with Crippen LogP contribution in [0.3, 0.4) is 0 Å². The van der Waals surface area contributed by atoms with Gasteiger partial charge in [0.05, 0.1) is 12.8 Å². The van der Waals surface area contributed by atoms with E-state index in [0.717, 1.165) is 23.8 Å². The number of aromatic nitrogens is 2. The first-order valence-electron chi connectivity index (χ1n) is 13.3. The normalized spacial score (nSPS) is 24.8. The van der Waals surface area contributed by atoms with E-state index in [1.807, 2.05) is 0 Å². The van der Waals surface area contributed by atoms with Gasteiger partial charge in [-0.1, -0.05) is 77.6 Å². The van der Waals surface area contributed by atoms with Gasteiger partial charge in [-0.15, -0.1) is 0 Å². The van der Waals surface area contributed by atoms with Gasteiger partial charge in [-0.2, -0.15) is 4.98 Å². The number of hydrogen-bond acceptors (Lipinski definition) is 10. The van der Waals surface area contributed by atoms with Crippen molar-refractivity contribution in [2.45, 2.75) is 109 Å². The number of aliphatic hydroxyl groups is 2. The highest BCUT2D eigenvalue weighted by molar-refractivity contribution is 7.64. The fourth-order valence-corrected chi connectivity index (χ4v) is 7.03. The van der Waals surface area contributed by atoms with Crippen LogP contribution in [0.25, 0.3) is 0 Å². The van der Waals surface area contributed by atoms with E-state index in [4.69, 9.17) is 15.0 Å². The van der Waals surface area contributed by atoms with Gasteiger partial charge in [-0.3, -0.25) is 13.7 Å². The molecule has 0 amide bonds. The van der Waals surface area contributed by atoms with Gasteiger partial charge in [0.25, 0.3) is 0 Å². The number of ether oxygens (including phenoxy) is 1. The Morgan fingerprint density at radius 2 is 1.53 bits per heavy atom. The third-order valence-corrected chi connectivity index (χ3v) is 9.59. The highest BCUT2D eigenvalue weighted by atomic mass is 31.3. The first-order chi connectivity index (χ1) is 18.0. The molecular formula is C23H43N3O10P2. The predicted molar refractivity (Wildman–Crippen MR) is 141 cm³/mol. The molecule has 38 heavy (non-hydrogen) atoms. The molecule has 1 aliphatic rings. The quantitative estimate of drug-likeness (QED) is 0.117. The summed E-state index contributed by atoms with van der Waals surface area (Å²) < 4.78 is 40.1. The molecule has 1 aliphatic heterocycles. The SMILES string of the molecule is CCCCCCCCCCCCCCP(=O)(O)OP(=O)(O)OC[C@H]1O[C@@H](n2ccc(N)nc2=O)[C@H](O)[C@H]1O. The summed E-state index contributed by atoms with van der Waals surface area (Å²) in [6, 6.07) is 1.29. The van der Waals surface area contributed by atoms with E-state index in [1.165, 1.54) is 57.2 Å². The van der Waals surface area contributed by atoms with Gasteiger partial charge in [-0.25, -0.2) is 13.7 Å². The van der Waals surface area contributed by atoms with Gasteiger partial charge in [0.15, 0.2) is 6.23 Å². The monoisotopic (exact) mass is 583 g/mol. The van der Waals surface area contributed by atoms with Crippen molar-refractivity contribution in [2.75, 3.05) is 18.5 Å². The lowest BCUT2D eigenvalue weighted by Gasteiger charge is -2.19. The Labute approximate surface area is 223 Å². The summed E-state index contributed by atoms with van der Waals surface area (Å²) in [5.41, 5.74) is 4.60. The van der Waals surface area contributed by atoms with Crippen LogP contribution in [0.5, 0.6) is 0 Å². The first kappa shape index (κ1) is 33.1. The number of nitrogens with zero attached hydrogens (tertiary/aromatic N) is 2. The van der Waals surface area contributed by atoms with E-state index < -0.39 is 52.3 Å². The maximum Gasteiger partial charge on any atom is 0.479 e. The second-order valence-electron chi connectivity index (χ2n) is 9.68. The molecule has 6 atom stereocenters. The lowest BCUT2D eigenvalue weighted by Crippen LogP contribution is -2.36. The summed E-state index contributed by atoms with van der Waals surface area (Å²) in [5.74, 6) is -0.0468. The van der Waals surface area contributed by atoms with Crippen LogP contribution in [0.2, 0.25) is 0 Å². The van der Waals surface area contributed by atoms with Crippen molar-refractivity contribution in [2.24, 2.45) is 0 Å². The van der Waals surface area contributed by atoms with Gasteiger partial charge in [0.2, 0.25) is 0 Å². The highest BCUT2D eigenvalue weighted by Crippen LogP contribution is 2.60. The van der Waals surface area contributed by atoms with Crippen LogP contribution in [-0.2, 0) is 22.7 Å². The third-order valence-electron chi connectivity index (χ3n) is 6.39. The minimum atomic E-state index is -4.99. The van der Waals surface area contributed by atoms with E-state index in [2.05, 4.69) is 16.2 Å². The fourth-order valence-electron chi connectivity index (χ4n) is 4.26. The molecule has 2 heterocycles. The van der Waals surface area contributed by atoms with Crippen molar-refractivity contribution in [1.29, 1.82) is 0 Å². The molecule has 0 bridgehead atoms. The van der Waals surface area contributed by atoms with E-state index in [1.54, 1.807) is 0 Å². The lowest BCUT2D eigenvalue weighted by molar-refractivity contribution is -0.0540. The number of rotatable bonds is 19. The largest absolute Gasteiger partial charge is 0.479 e. The minimum Gasteiger partial charge on any atom is -0.387 e. The summed E-state index contributed by atoms with van der Waals surface area (Å²) in [7, 11) is -9.40. The molecule has 1 aromatic rings. The van der Waals surface area contributed by atoms with Crippen LogP contribution in [0.1, 0.15) is 90.2 Å². The Balaban J connectivity index is 1.67. The topological polar surface area (TPSA) is 204 Å². The van der Waals surface area contributed by atoms with Crippen LogP contribution in [-0.4, -0.2) is 60.6 Å². The Morgan fingerprint density at radius 1 is 0.974 bits per heavy atom. The van der Waals surface area contributed by atoms with E-state index in [9.17, 15) is 33.9 Å². The molecule has 2 unspecified atom stereocenters. The van der Waals surface area contributed by atoms with Crippen LogP contribution in [0.15, 0.2) is 17.1 Å². The van der Waals surface area contributed by atoms with Crippen molar-refractivity contribution in [3.63, 3.8) is 0 Å². The zero-order valence-electron chi connectivity index (χ0n) is 22.0. The molecule has 1 fully saturated rings. The molecule has 220 valence electrons. The maximum absolute atomic E-state index is 12.3. The van der Waals surface area contributed by atoms with Gasteiger partial charge in [-0.05, 0) is 12.5 Å². The molecule has 1 aromatic heterocycles. The number of aliphatic hydroxyl groups excluding tert-OH is 2. The average Bonchev–Trinajstić information content (AvgIpc) is 3.11. The molecular weight excluding hydrogens is 540 g/mol.